The Morgan fingerprint density at radius 3 is 2.07 bits per heavy atom. The topological polar surface area (TPSA) is 12.4 Å². The molecule has 0 heterocycles. The van der Waals surface area contributed by atoms with Crippen molar-refractivity contribution >= 4 is 5.71 Å². The zero-order valence-corrected chi connectivity index (χ0v) is 16.2. The fraction of sp³-hybridized carbons (Fsp3) is 0.240. The lowest BCUT2D eigenvalue weighted by atomic mass is 9.84. The van der Waals surface area contributed by atoms with E-state index in [1.165, 1.54) is 17.2 Å². The molecule has 0 fully saturated rings. The first-order chi connectivity index (χ1) is 12.9. The molecule has 0 aromatic heterocycles. The molecular formula is C25H26FN. The maximum absolute atomic E-state index is 13.9. The van der Waals surface area contributed by atoms with Crippen LogP contribution in [0.3, 0.4) is 0 Å². The van der Waals surface area contributed by atoms with Crippen molar-refractivity contribution in [1.82, 2.24) is 0 Å². The lowest BCUT2D eigenvalue weighted by Gasteiger charge is -2.25. The van der Waals surface area contributed by atoms with Gasteiger partial charge in [0, 0.05) is 11.1 Å². The summed E-state index contributed by atoms with van der Waals surface area (Å²) in [7, 11) is 0. The fourth-order valence-electron chi connectivity index (χ4n) is 3.24. The molecule has 1 nitrogen and oxygen atoms in total. The highest BCUT2D eigenvalue weighted by Gasteiger charge is 2.23. The van der Waals surface area contributed by atoms with Crippen LogP contribution in [-0.2, 0) is 6.42 Å². The van der Waals surface area contributed by atoms with Crippen molar-refractivity contribution in [3.8, 4) is 0 Å². The van der Waals surface area contributed by atoms with Crippen molar-refractivity contribution in [3.63, 3.8) is 0 Å². The molecular weight excluding hydrogens is 333 g/mol. The van der Waals surface area contributed by atoms with E-state index < -0.39 is 0 Å². The summed E-state index contributed by atoms with van der Waals surface area (Å²) in [5, 5.41) is 0. The smallest absolute Gasteiger partial charge is 0.123 e. The third kappa shape index (κ3) is 5.13. The van der Waals surface area contributed by atoms with Crippen LogP contribution in [0, 0.1) is 11.2 Å². The SMILES string of the molecule is CC(C)(C)C(=N[C@H](Cc1ccccc1)c1ccccc1)c1cccc(F)c1. The normalized spacial score (nSPS) is 13.4. The highest BCUT2D eigenvalue weighted by molar-refractivity contribution is 6.04. The van der Waals surface area contributed by atoms with E-state index in [1.807, 2.05) is 30.3 Å². The highest BCUT2D eigenvalue weighted by Crippen LogP contribution is 2.29. The van der Waals surface area contributed by atoms with E-state index >= 15 is 0 Å². The standard InChI is InChI=1S/C25H26FN/c1-25(2,3)24(21-15-10-16-22(26)18-21)27-23(20-13-8-5-9-14-20)17-19-11-6-4-7-12-19/h4-16,18,23H,17H2,1-3H3/t23-/m1/s1. The zero-order chi connectivity index (χ0) is 19.3. The van der Waals surface area contributed by atoms with Crippen molar-refractivity contribution in [1.29, 1.82) is 0 Å². The second-order valence-corrected chi connectivity index (χ2v) is 7.85. The summed E-state index contributed by atoms with van der Waals surface area (Å²) in [6.07, 6.45) is 0.805. The monoisotopic (exact) mass is 359 g/mol. The van der Waals surface area contributed by atoms with Crippen LogP contribution in [-0.4, -0.2) is 5.71 Å². The number of benzene rings is 3. The number of hydrogen-bond donors (Lipinski definition) is 0. The van der Waals surface area contributed by atoms with Gasteiger partial charge in [-0.3, -0.25) is 4.99 Å². The molecule has 0 aliphatic heterocycles. The van der Waals surface area contributed by atoms with Gasteiger partial charge in [0.25, 0.3) is 0 Å². The molecule has 0 unspecified atom stereocenters. The molecule has 1 atom stereocenters. The second-order valence-electron chi connectivity index (χ2n) is 7.85. The first kappa shape index (κ1) is 19.0. The molecule has 2 heteroatoms. The summed E-state index contributed by atoms with van der Waals surface area (Å²) >= 11 is 0. The summed E-state index contributed by atoms with van der Waals surface area (Å²) < 4.78 is 13.9. The van der Waals surface area contributed by atoms with Crippen LogP contribution in [0.2, 0.25) is 0 Å². The summed E-state index contributed by atoms with van der Waals surface area (Å²) in [5.74, 6) is -0.233. The molecule has 0 bridgehead atoms. The molecule has 0 aliphatic carbocycles. The molecule has 138 valence electrons. The molecule has 0 amide bonds. The molecule has 0 saturated carbocycles. The Labute approximate surface area is 161 Å². The van der Waals surface area contributed by atoms with Crippen LogP contribution in [0.15, 0.2) is 89.9 Å². The molecule has 0 saturated heterocycles. The first-order valence-electron chi connectivity index (χ1n) is 9.36. The highest BCUT2D eigenvalue weighted by atomic mass is 19.1. The third-order valence-corrected chi connectivity index (χ3v) is 4.55. The lowest BCUT2D eigenvalue weighted by molar-refractivity contribution is 0.577. The average Bonchev–Trinajstić information content (AvgIpc) is 2.65. The van der Waals surface area contributed by atoms with Gasteiger partial charge in [-0.1, -0.05) is 93.6 Å². The van der Waals surface area contributed by atoms with Gasteiger partial charge >= 0.3 is 0 Å². The Balaban J connectivity index is 2.08. The van der Waals surface area contributed by atoms with Crippen molar-refractivity contribution in [2.45, 2.75) is 33.2 Å². The van der Waals surface area contributed by atoms with Gasteiger partial charge in [0.2, 0.25) is 0 Å². The minimum absolute atomic E-state index is 0.0221. The molecule has 0 aliphatic rings. The van der Waals surface area contributed by atoms with E-state index in [0.29, 0.717) is 0 Å². The summed E-state index contributed by atoms with van der Waals surface area (Å²) in [5.41, 5.74) is 3.97. The van der Waals surface area contributed by atoms with E-state index in [0.717, 1.165) is 17.7 Å². The van der Waals surface area contributed by atoms with E-state index in [1.54, 1.807) is 12.1 Å². The first-order valence-corrected chi connectivity index (χ1v) is 9.36. The quantitative estimate of drug-likeness (QED) is 0.453. The lowest BCUT2D eigenvalue weighted by Crippen LogP contribution is -2.23. The number of aliphatic imine (C=N–C) groups is 1. The maximum Gasteiger partial charge on any atom is 0.123 e. The van der Waals surface area contributed by atoms with Crippen LogP contribution in [0.5, 0.6) is 0 Å². The minimum Gasteiger partial charge on any atom is -0.280 e. The Morgan fingerprint density at radius 1 is 0.852 bits per heavy atom. The van der Waals surface area contributed by atoms with Crippen LogP contribution in [0.1, 0.15) is 43.5 Å². The summed E-state index contributed by atoms with van der Waals surface area (Å²) in [6.45, 7) is 6.38. The van der Waals surface area contributed by atoms with Crippen molar-refractivity contribution in [2.24, 2.45) is 10.4 Å². The Morgan fingerprint density at radius 2 is 1.48 bits per heavy atom. The van der Waals surface area contributed by atoms with E-state index in [2.05, 4.69) is 57.2 Å². The van der Waals surface area contributed by atoms with Gasteiger partial charge in [0.15, 0.2) is 0 Å². The molecule has 27 heavy (non-hydrogen) atoms. The zero-order valence-electron chi connectivity index (χ0n) is 16.2. The second kappa shape index (κ2) is 8.30. The Hall–Kier alpha value is -2.74. The average molecular weight is 359 g/mol. The van der Waals surface area contributed by atoms with Crippen LogP contribution in [0.25, 0.3) is 0 Å². The Bertz CT molecular complexity index is 892. The minimum atomic E-state index is -0.233. The largest absolute Gasteiger partial charge is 0.280 e. The predicted octanol–water partition coefficient (Wildman–Crippen LogP) is 6.64. The number of halogens is 1. The van der Waals surface area contributed by atoms with Gasteiger partial charge < -0.3 is 0 Å². The molecule has 0 spiro atoms. The van der Waals surface area contributed by atoms with E-state index in [9.17, 15) is 4.39 Å². The van der Waals surface area contributed by atoms with Crippen LogP contribution < -0.4 is 0 Å². The van der Waals surface area contributed by atoms with Gasteiger partial charge in [0.05, 0.1) is 6.04 Å². The number of hydrogen-bond acceptors (Lipinski definition) is 1. The Kier molecular flexibility index (Phi) is 5.85. The van der Waals surface area contributed by atoms with E-state index in [-0.39, 0.29) is 17.3 Å². The van der Waals surface area contributed by atoms with Crippen LogP contribution >= 0.6 is 0 Å². The number of rotatable bonds is 5. The molecule has 3 aromatic rings. The maximum atomic E-state index is 13.9. The van der Waals surface area contributed by atoms with Gasteiger partial charge in [-0.2, -0.15) is 0 Å². The molecule has 3 rings (SSSR count). The predicted molar refractivity (Wildman–Crippen MR) is 112 cm³/mol. The van der Waals surface area contributed by atoms with E-state index in [4.69, 9.17) is 4.99 Å². The molecule has 0 N–H and O–H groups in total. The number of nitrogens with zero attached hydrogens (tertiary/aromatic N) is 1. The van der Waals surface area contributed by atoms with Crippen molar-refractivity contribution in [2.75, 3.05) is 0 Å². The van der Waals surface area contributed by atoms with Gasteiger partial charge in [0.1, 0.15) is 5.82 Å². The summed E-state index contributed by atoms with van der Waals surface area (Å²) in [4.78, 5) is 5.17. The summed E-state index contributed by atoms with van der Waals surface area (Å²) in [6, 6.07) is 27.4. The fourth-order valence-corrected chi connectivity index (χ4v) is 3.24. The van der Waals surface area contributed by atoms with Crippen molar-refractivity contribution in [3.05, 3.63) is 107 Å². The van der Waals surface area contributed by atoms with Gasteiger partial charge in [-0.25, -0.2) is 4.39 Å². The van der Waals surface area contributed by atoms with Crippen LogP contribution in [0.4, 0.5) is 4.39 Å². The van der Waals surface area contributed by atoms with Crippen molar-refractivity contribution < 1.29 is 4.39 Å². The molecule has 3 aromatic carbocycles. The van der Waals surface area contributed by atoms with Gasteiger partial charge in [-0.15, -0.1) is 0 Å². The molecule has 0 radical (unpaired) electrons. The third-order valence-electron chi connectivity index (χ3n) is 4.55. The van der Waals surface area contributed by atoms with Gasteiger partial charge in [-0.05, 0) is 35.2 Å².